The lowest BCUT2D eigenvalue weighted by Crippen LogP contribution is -2.38. The van der Waals surface area contributed by atoms with Crippen molar-refractivity contribution in [3.8, 4) is 0 Å². The van der Waals surface area contributed by atoms with Gasteiger partial charge in [0.05, 0.1) is 16.1 Å². The fraction of sp³-hybridized carbons (Fsp3) is 0.231. The number of esters is 1. The lowest BCUT2D eigenvalue weighted by molar-refractivity contribution is -0.122. The molecule has 0 saturated heterocycles. The van der Waals surface area contributed by atoms with Gasteiger partial charge in [-0.3, -0.25) is 9.10 Å². The summed E-state index contributed by atoms with van der Waals surface area (Å²) < 4.78 is 32.7. The van der Waals surface area contributed by atoms with Crippen LogP contribution in [0.4, 0.5) is 11.4 Å². The number of carbonyl (C=O) groups is 2. The monoisotopic (exact) mass is 478 g/mol. The molecule has 3 aromatic carbocycles. The Morgan fingerprint density at radius 2 is 1.62 bits per heavy atom. The van der Waals surface area contributed by atoms with Crippen molar-refractivity contribution in [2.45, 2.75) is 31.2 Å². The second-order valence-corrected chi connectivity index (χ2v) is 9.91. The summed E-state index contributed by atoms with van der Waals surface area (Å²) in [6, 6.07) is 22.0. The average Bonchev–Trinajstić information content (AvgIpc) is 3.19. The van der Waals surface area contributed by atoms with E-state index in [0.717, 1.165) is 17.7 Å². The molecule has 1 atom stereocenters. The molecule has 1 amide bonds. The van der Waals surface area contributed by atoms with Crippen LogP contribution in [-0.4, -0.2) is 39.5 Å². The maximum Gasteiger partial charge on any atom is 0.338 e. The van der Waals surface area contributed by atoms with E-state index < -0.39 is 22.6 Å². The lowest BCUT2D eigenvalue weighted by atomic mass is 10.1. The quantitative estimate of drug-likeness (QED) is 0.479. The van der Waals surface area contributed by atoms with Crippen LogP contribution in [0.5, 0.6) is 0 Å². The highest BCUT2D eigenvalue weighted by molar-refractivity contribution is 7.92. The van der Waals surface area contributed by atoms with E-state index in [1.807, 2.05) is 37.3 Å². The van der Waals surface area contributed by atoms with Crippen molar-refractivity contribution >= 4 is 33.3 Å². The molecular weight excluding hydrogens is 452 g/mol. The minimum atomic E-state index is -3.80. The Labute approximate surface area is 199 Å². The van der Waals surface area contributed by atoms with E-state index >= 15 is 0 Å². The number of amides is 1. The van der Waals surface area contributed by atoms with Crippen molar-refractivity contribution in [1.82, 2.24) is 0 Å². The van der Waals surface area contributed by atoms with Crippen molar-refractivity contribution in [1.29, 1.82) is 0 Å². The van der Waals surface area contributed by atoms with Crippen molar-refractivity contribution < 1.29 is 22.7 Å². The molecule has 34 heavy (non-hydrogen) atoms. The number of fused-ring (bicyclic) bond motifs is 1. The van der Waals surface area contributed by atoms with Gasteiger partial charge in [-0.25, -0.2) is 13.2 Å². The SMILES string of the molecule is CCN(c1ccccc1)S(=O)(=O)c1ccc(C(=O)OCC(=O)N2c3ccccc3CC2C)cc1. The van der Waals surface area contributed by atoms with Gasteiger partial charge in [0.25, 0.3) is 15.9 Å². The molecule has 1 aliphatic heterocycles. The maximum atomic E-state index is 13.1. The van der Waals surface area contributed by atoms with Gasteiger partial charge in [0.1, 0.15) is 0 Å². The number of anilines is 2. The Morgan fingerprint density at radius 1 is 0.971 bits per heavy atom. The molecule has 3 aromatic rings. The number of benzene rings is 3. The molecule has 1 unspecified atom stereocenters. The van der Waals surface area contributed by atoms with E-state index in [9.17, 15) is 18.0 Å². The zero-order chi connectivity index (χ0) is 24.3. The first-order valence-corrected chi connectivity index (χ1v) is 12.5. The fourth-order valence-corrected chi connectivity index (χ4v) is 5.68. The molecule has 8 heteroatoms. The predicted molar refractivity (Wildman–Crippen MR) is 130 cm³/mol. The highest BCUT2D eigenvalue weighted by Crippen LogP contribution is 2.31. The van der Waals surface area contributed by atoms with Crippen LogP contribution < -0.4 is 9.21 Å². The maximum absolute atomic E-state index is 13.1. The van der Waals surface area contributed by atoms with Crippen LogP contribution in [-0.2, 0) is 26.0 Å². The molecule has 0 N–H and O–H groups in total. The third-order valence-corrected chi connectivity index (χ3v) is 7.73. The van der Waals surface area contributed by atoms with E-state index in [1.54, 1.807) is 36.1 Å². The number of carbonyl (C=O) groups excluding carboxylic acids is 2. The summed E-state index contributed by atoms with van der Waals surface area (Å²) in [6.07, 6.45) is 0.754. The van der Waals surface area contributed by atoms with Gasteiger partial charge >= 0.3 is 5.97 Å². The van der Waals surface area contributed by atoms with Crippen LogP contribution in [0.3, 0.4) is 0 Å². The largest absolute Gasteiger partial charge is 0.452 e. The second kappa shape index (κ2) is 9.69. The fourth-order valence-electron chi connectivity index (χ4n) is 4.20. The van der Waals surface area contributed by atoms with Crippen molar-refractivity contribution in [2.75, 3.05) is 22.4 Å². The number of para-hydroxylation sites is 2. The zero-order valence-corrected chi connectivity index (χ0v) is 19.9. The van der Waals surface area contributed by atoms with E-state index in [1.165, 1.54) is 28.6 Å². The molecule has 1 aliphatic rings. The number of ether oxygens (including phenoxy) is 1. The van der Waals surface area contributed by atoms with Crippen LogP contribution in [0.1, 0.15) is 29.8 Å². The van der Waals surface area contributed by atoms with E-state index in [0.29, 0.717) is 5.69 Å². The minimum absolute atomic E-state index is 0.0146. The van der Waals surface area contributed by atoms with Crippen LogP contribution in [0.25, 0.3) is 0 Å². The van der Waals surface area contributed by atoms with Gasteiger partial charge in [0, 0.05) is 18.3 Å². The minimum Gasteiger partial charge on any atom is -0.452 e. The number of hydrogen-bond acceptors (Lipinski definition) is 5. The molecular formula is C26H26N2O5S. The smallest absolute Gasteiger partial charge is 0.338 e. The second-order valence-electron chi connectivity index (χ2n) is 8.05. The van der Waals surface area contributed by atoms with Crippen LogP contribution >= 0.6 is 0 Å². The van der Waals surface area contributed by atoms with Crippen molar-refractivity contribution in [3.63, 3.8) is 0 Å². The zero-order valence-electron chi connectivity index (χ0n) is 19.0. The van der Waals surface area contributed by atoms with Crippen molar-refractivity contribution in [3.05, 3.63) is 90.0 Å². The van der Waals surface area contributed by atoms with Gasteiger partial charge < -0.3 is 9.64 Å². The summed E-state index contributed by atoms with van der Waals surface area (Å²) in [5.41, 5.74) is 2.65. The molecule has 4 rings (SSSR count). The number of rotatable bonds is 7. The normalized spacial score (nSPS) is 15.0. The molecule has 0 radical (unpaired) electrons. The Bertz CT molecular complexity index is 1290. The number of hydrogen-bond donors (Lipinski definition) is 0. The van der Waals surface area contributed by atoms with Gasteiger partial charge in [0.2, 0.25) is 0 Å². The molecule has 0 saturated carbocycles. The molecule has 1 heterocycles. The summed E-state index contributed by atoms with van der Waals surface area (Å²) in [6.45, 7) is 3.58. The lowest BCUT2D eigenvalue weighted by Gasteiger charge is -2.23. The first-order chi connectivity index (χ1) is 16.3. The molecule has 0 aliphatic carbocycles. The van der Waals surface area contributed by atoms with Gasteiger partial charge in [-0.15, -0.1) is 0 Å². The summed E-state index contributed by atoms with van der Waals surface area (Å²) in [4.78, 5) is 27.0. The first-order valence-electron chi connectivity index (χ1n) is 11.1. The Kier molecular flexibility index (Phi) is 6.70. The summed E-state index contributed by atoms with van der Waals surface area (Å²) >= 11 is 0. The van der Waals surface area contributed by atoms with Crippen LogP contribution in [0.15, 0.2) is 83.8 Å². The Hall–Kier alpha value is -3.65. The van der Waals surface area contributed by atoms with Crippen molar-refractivity contribution in [2.24, 2.45) is 0 Å². The molecule has 0 bridgehead atoms. The third kappa shape index (κ3) is 4.54. The number of sulfonamides is 1. The molecule has 176 valence electrons. The third-order valence-electron chi connectivity index (χ3n) is 5.81. The standard InChI is InChI=1S/C26H26N2O5S/c1-3-27(22-10-5-4-6-11-22)34(31,32)23-15-13-20(14-16-23)26(30)33-18-25(29)28-19(2)17-21-9-7-8-12-24(21)28/h4-16,19H,3,17-18H2,1-2H3. The van der Waals surface area contributed by atoms with Gasteiger partial charge in [-0.1, -0.05) is 36.4 Å². The van der Waals surface area contributed by atoms with E-state index in [2.05, 4.69) is 0 Å². The molecule has 0 aromatic heterocycles. The highest BCUT2D eigenvalue weighted by Gasteiger charge is 2.31. The first kappa shape index (κ1) is 23.5. The van der Waals surface area contributed by atoms with Gasteiger partial charge in [-0.2, -0.15) is 0 Å². The summed E-state index contributed by atoms with van der Waals surface area (Å²) in [5, 5.41) is 0. The van der Waals surface area contributed by atoms with Gasteiger partial charge in [-0.05, 0) is 68.3 Å². The van der Waals surface area contributed by atoms with E-state index in [-0.39, 0.29) is 29.0 Å². The van der Waals surface area contributed by atoms with Gasteiger partial charge in [0.15, 0.2) is 6.61 Å². The van der Waals surface area contributed by atoms with Crippen LogP contribution in [0, 0.1) is 0 Å². The summed E-state index contributed by atoms with van der Waals surface area (Å²) in [7, 11) is -3.80. The predicted octanol–water partition coefficient (Wildman–Crippen LogP) is 4.04. The van der Waals surface area contributed by atoms with Crippen LogP contribution in [0.2, 0.25) is 0 Å². The highest BCUT2D eigenvalue weighted by atomic mass is 32.2. The number of nitrogens with zero attached hydrogens (tertiary/aromatic N) is 2. The molecule has 0 fully saturated rings. The Morgan fingerprint density at radius 3 is 2.29 bits per heavy atom. The molecule has 7 nitrogen and oxygen atoms in total. The average molecular weight is 479 g/mol. The topological polar surface area (TPSA) is 84.0 Å². The van der Waals surface area contributed by atoms with E-state index in [4.69, 9.17) is 4.74 Å². The summed E-state index contributed by atoms with van der Waals surface area (Å²) in [5.74, 6) is -0.987. The molecule has 0 spiro atoms. The Balaban J connectivity index is 1.43.